The van der Waals surface area contributed by atoms with Gasteiger partial charge in [0.05, 0.1) is 6.54 Å². The number of nitrogens with zero attached hydrogens (tertiary/aromatic N) is 3. The molecule has 0 spiro atoms. The summed E-state index contributed by atoms with van der Waals surface area (Å²) in [5.41, 5.74) is 0.736. The van der Waals surface area contributed by atoms with Gasteiger partial charge < -0.3 is 14.6 Å². The minimum absolute atomic E-state index is 0.126. The van der Waals surface area contributed by atoms with E-state index in [4.69, 9.17) is 4.74 Å². The molecule has 4 rings (SSSR count). The summed E-state index contributed by atoms with van der Waals surface area (Å²) >= 11 is 0. The number of benzene rings is 1. The topological polar surface area (TPSA) is 61.5 Å². The Kier molecular flexibility index (Phi) is 5.20. The Morgan fingerprint density at radius 2 is 2.00 bits per heavy atom. The quantitative estimate of drug-likeness (QED) is 0.897. The highest BCUT2D eigenvalue weighted by Crippen LogP contribution is 2.22. The molecule has 2 aromatic rings. The van der Waals surface area contributed by atoms with Gasteiger partial charge in [0.1, 0.15) is 17.7 Å². The first-order valence-electron chi connectivity index (χ1n) is 9.54. The van der Waals surface area contributed by atoms with Crippen LogP contribution in [0.25, 0.3) is 0 Å². The number of piperidine rings is 1. The third kappa shape index (κ3) is 4.07. The van der Waals surface area contributed by atoms with Crippen molar-refractivity contribution in [2.45, 2.75) is 38.3 Å². The molecule has 1 N–H and O–H groups in total. The molecule has 138 valence electrons. The molecule has 6 heteroatoms. The smallest absolute Gasteiger partial charge is 0.253 e. The van der Waals surface area contributed by atoms with E-state index in [9.17, 15) is 4.79 Å². The lowest BCUT2D eigenvalue weighted by atomic mass is 10.1. The van der Waals surface area contributed by atoms with E-state index < -0.39 is 0 Å². The number of aromatic amines is 1. The van der Waals surface area contributed by atoms with Crippen molar-refractivity contribution in [2.75, 3.05) is 26.2 Å². The zero-order valence-electron chi connectivity index (χ0n) is 15.1. The van der Waals surface area contributed by atoms with E-state index in [2.05, 4.69) is 14.9 Å². The molecule has 0 atom stereocenters. The minimum atomic E-state index is 0.126. The first kappa shape index (κ1) is 17.1. The first-order chi connectivity index (χ1) is 12.8. The van der Waals surface area contributed by atoms with Gasteiger partial charge in [-0.3, -0.25) is 9.69 Å². The molecule has 0 aliphatic carbocycles. The molecule has 0 radical (unpaired) electrons. The second-order valence-corrected chi connectivity index (χ2v) is 7.16. The predicted molar refractivity (Wildman–Crippen MR) is 99.1 cm³/mol. The normalized spacial score (nSPS) is 19.0. The van der Waals surface area contributed by atoms with Crippen LogP contribution in [0.5, 0.6) is 5.75 Å². The van der Waals surface area contributed by atoms with Gasteiger partial charge in [-0.1, -0.05) is 6.07 Å². The van der Waals surface area contributed by atoms with Gasteiger partial charge in [0.15, 0.2) is 0 Å². The van der Waals surface area contributed by atoms with Crippen LogP contribution in [0, 0.1) is 0 Å². The van der Waals surface area contributed by atoms with Crippen LogP contribution < -0.4 is 4.74 Å². The van der Waals surface area contributed by atoms with Crippen LogP contribution in [-0.4, -0.2) is 58.0 Å². The van der Waals surface area contributed by atoms with Crippen LogP contribution >= 0.6 is 0 Å². The van der Waals surface area contributed by atoms with E-state index in [0.717, 1.165) is 75.5 Å². The summed E-state index contributed by atoms with van der Waals surface area (Å²) in [6, 6.07) is 7.66. The maximum Gasteiger partial charge on any atom is 0.253 e. The second kappa shape index (κ2) is 7.91. The zero-order chi connectivity index (χ0) is 17.8. The SMILES string of the molecule is O=C(c1cccc(OC2CCN(Cc3ncc[nH]3)CC2)c1)N1CCCC1. The lowest BCUT2D eigenvalue weighted by Crippen LogP contribution is -2.38. The Morgan fingerprint density at radius 3 is 2.73 bits per heavy atom. The molecular formula is C20H26N4O2. The van der Waals surface area contributed by atoms with E-state index in [1.165, 1.54) is 0 Å². The van der Waals surface area contributed by atoms with Gasteiger partial charge in [-0.25, -0.2) is 4.98 Å². The molecule has 6 nitrogen and oxygen atoms in total. The first-order valence-corrected chi connectivity index (χ1v) is 9.54. The Morgan fingerprint density at radius 1 is 1.19 bits per heavy atom. The Bertz CT molecular complexity index is 717. The summed E-state index contributed by atoms with van der Waals surface area (Å²) in [6.07, 6.45) is 8.07. The largest absolute Gasteiger partial charge is 0.490 e. The predicted octanol–water partition coefficient (Wildman–Crippen LogP) is 2.69. The number of ether oxygens (including phenoxy) is 1. The number of rotatable bonds is 5. The molecule has 26 heavy (non-hydrogen) atoms. The molecule has 0 saturated carbocycles. The van der Waals surface area contributed by atoms with Gasteiger partial charge >= 0.3 is 0 Å². The van der Waals surface area contributed by atoms with Gasteiger partial charge in [0, 0.05) is 44.1 Å². The number of carbonyl (C=O) groups is 1. The maximum atomic E-state index is 12.5. The summed E-state index contributed by atoms with van der Waals surface area (Å²) < 4.78 is 6.17. The number of imidazole rings is 1. The van der Waals surface area contributed by atoms with Crippen molar-refractivity contribution in [1.82, 2.24) is 19.8 Å². The van der Waals surface area contributed by atoms with Gasteiger partial charge in [-0.2, -0.15) is 0 Å². The van der Waals surface area contributed by atoms with E-state index in [-0.39, 0.29) is 12.0 Å². The lowest BCUT2D eigenvalue weighted by Gasteiger charge is -2.31. The Hall–Kier alpha value is -2.34. The van der Waals surface area contributed by atoms with Crippen molar-refractivity contribution in [3.05, 3.63) is 48.0 Å². The molecule has 2 saturated heterocycles. The lowest BCUT2D eigenvalue weighted by molar-refractivity contribution is 0.0789. The second-order valence-electron chi connectivity index (χ2n) is 7.16. The fourth-order valence-electron chi connectivity index (χ4n) is 3.78. The highest BCUT2D eigenvalue weighted by Gasteiger charge is 2.23. The standard InChI is InChI=1S/C20H26N4O2/c25-20(24-10-1-2-11-24)16-4-3-5-18(14-16)26-17-6-12-23(13-7-17)15-19-21-8-9-22-19/h3-5,8-9,14,17H,1-2,6-7,10-13,15H2,(H,21,22). The molecule has 0 bridgehead atoms. The molecule has 1 aromatic heterocycles. The number of hydrogen-bond acceptors (Lipinski definition) is 4. The monoisotopic (exact) mass is 354 g/mol. The molecule has 1 aromatic carbocycles. The third-order valence-electron chi connectivity index (χ3n) is 5.24. The van der Waals surface area contributed by atoms with Crippen molar-refractivity contribution in [1.29, 1.82) is 0 Å². The number of nitrogens with one attached hydrogen (secondary N) is 1. The fourth-order valence-corrected chi connectivity index (χ4v) is 3.78. The van der Waals surface area contributed by atoms with E-state index in [1.54, 1.807) is 6.20 Å². The van der Waals surface area contributed by atoms with E-state index in [1.807, 2.05) is 35.4 Å². The van der Waals surface area contributed by atoms with Crippen LogP contribution in [0.2, 0.25) is 0 Å². The number of carbonyl (C=O) groups excluding carboxylic acids is 1. The highest BCUT2D eigenvalue weighted by molar-refractivity contribution is 5.94. The molecular weight excluding hydrogens is 328 g/mol. The van der Waals surface area contributed by atoms with Gasteiger partial charge in [0.25, 0.3) is 5.91 Å². The summed E-state index contributed by atoms with van der Waals surface area (Å²) in [5.74, 6) is 1.94. The fraction of sp³-hybridized carbons (Fsp3) is 0.500. The number of amides is 1. The van der Waals surface area contributed by atoms with Gasteiger partial charge in [-0.05, 0) is 43.9 Å². The molecule has 2 fully saturated rings. The molecule has 2 aliphatic heterocycles. The molecule has 0 unspecified atom stereocenters. The van der Waals surface area contributed by atoms with Gasteiger partial charge in [0.2, 0.25) is 0 Å². The summed E-state index contributed by atoms with van der Waals surface area (Å²) in [5, 5.41) is 0. The number of H-pyrrole nitrogens is 1. The molecule has 2 aliphatic rings. The average Bonchev–Trinajstić information content (AvgIpc) is 3.37. The minimum Gasteiger partial charge on any atom is -0.490 e. The Labute approximate surface area is 154 Å². The zero-order valence-corrected chi connectivity index (χ0v) is 15.1. The van der Waals surface area contributed by atoms with Crippen LogP contribution in [-0.2, 0) is 6.54 Å². The maximum absolute atomic E-state index is 12.5. The average molecular weight is 354 g/mol. The van der Waals surface area contributed by atoms with Crippen molar-refractivity contribution < 1.29 is 9.53 Å². The highest BCUT2D eigenvalue weighted by atomic mass is 16.5. The molecule has 3 heterocycles. The van der Waals surface area contributed by atoms with Crippen molar-refractivity contribution in [2.24, 2.45) is 0 Å². The van der Waals surface area contributed by atoms with Crippen molar-refractivity contribution in [3.8, 4) is 5.75 Å². The number of hydrogen-bond donors (Lipinski definition) is 1. The Balaban J connectivity index is 1.30. The van der Waals surface area contributed by atoms with Crippen LogP contribution in [0.1, 0.15) is 41.9 Å². The third-order valence-corrected chi connectivity index (χ3v) is 5.24. The van der Waals surface area contributed by atoms with E-state index >= 15 is 0 Å². The summed E-state index contributed by atoms with van der Waals surface area (Å²) in [4.78, 5) is 24.3. The van der Waals surface area contributed by atoms with Crippen molar-refractivity contribution in [3.63, 3.8) is 0 Å². The number of aromatic nitrogens is 2. The van der Waals surface area contributed by atoms with Crippen LogP contribution in [0.3, 0.4) is 0 Å². The van der Waals surface area contributed by atoms with Crippen LogP contribution in [0.15, 0.2) is 36.7 Å². The number of likely N-dealkylation sites (tertiary alicyclic amines) is 2. The van der Waals surface area contributed by atoms with Crippen LogP contribution in [0.4, 0.5) is 0 Å². The summed E-state index contributed by atoms with van der Waals surface area (Å²) in [7, 11) is 0. The van der Waals surface area contributed by atoms with E-state index in [0.29, 0.717) is 0 Å². The van der Waals surface area contributed by atoms with Gasteiger partial charge in [-0.15, -0.1) is 0 Å². The van der Waals surface area contributed by atoms with Crippen molar-refractivity contribution >= 4 is 5.91 Å². The molecule has 1 amide bonds. The summed E-state index contributed by atoms with van der Waals surface area (Å²) in [6.45, 7) is 4.60.